The highest BCUT2D eigenvalue weighted by atomic mass is 32.2. The molecule has 92 valence electrons. The van der Waals surface area contributed by atoms with Gasteiger partial charge in [-0.3, -0.25) is 4.79 Å². The van der Waals surface area contributed by atoms with Gasteiger partial charge in [0.25, 0.3) is 0 Å². The fraction of sp³-hybridized carbons (Fsp3) is 0.545. The van der Waals surface area contributed by atoms with Crippen LogP contribution in [0, 0.1) is 0 Å². The number of ketones is 1. The first-order valence-corrected chi connectivity index (χ1v) is 7.43. The first kappa shape index (κ1) is 12.2. The largest absolute Gasteiger partial charge is 0.294 e. The number of hydrogen-bond donors (Lipinski definition) is 0. The van der Waals surface area contributed by atoms with Gasteiger partial charge in [-0.05, 0) is 19.8 Å². The molecule has 1 aromatic heterocycles. The van der Waals surface area contributed by atoms with Crippen molar-refractivity contribution in [2.24, 2.45) is 0 Å². The molecule has 0 aromatic carbocycles. The van der Waals surface area contributed by atoms with Gasteiger partial charge in [-0.25, -0.2) is 18.4 Å². The molecule has 0 radical (unpaired) electrons. The van der Waals surface area contributed by atoms with Crippen molar-refractivity contribution >= 4 is 15.6 Å². The molecule has 0 N–H and O–H groups in total. The summed E-state index contributed by atoms with van der Waals surface area (Å²) >= 11 is 0. The first-order valence-electron chi connectivity index (χ1n) is 5.47. The van der Waals surface area contributed by atoms with Gasteiger partial charge >= 0.3 is 0 Å². The van der Waals surface area contributed by atoms with Crippen molar-refractivity contribution in [3.05, 3.63) is 23.3 Å². The SMILES string of the molecule is CC(c1ncc2c(n1)CCCC2=O)S(C)(=O)=O. The van der Waals surface area contributed by atoms with Crippen molar-refractivity contribution in [2.45, 2.75) is 31.4 Å². The molecule has 0 saturated heterocycles. The number of carbonyl (C=O) groups excluding carboxylic acids is 1. The zero-order valence-corrected chi connectivity index (χ0v) is 10.6. The van der Waals surface area contributed by atoms with Gasteiger partial charge in [-0.2, -0.15) is 0 Å². The van der Waals surface area contributed by atoms with Gasteiger partial charge in [0.2, 0.25) is 0 Å². The van der Waals surface area contributed by atoms with Crippen LogP contribution in [0.15, 0.2) is 6.20 Å². The number of fused-ring (bicyclic) bond motifs is 1. The lowest BCUT2D eigenvalue weighted by molar-refractivity contribution is 0.0971. The highest BCUT2D eigenvalue weighted by molar-refractivity contribution is 7.90. The van der Waals surface area contributed by atoms with Crippen LogP contribution in [0.1, 0.15) is 46.9 Å². The molecule has 1 unspecified atom stereocenters. The number of rotatable bonds is 2. The number of hydrogen-bond acceptors (Lipinski definition) is 5. The lowest BCUT2D eigenvalue weighted by atomic mass is 9.96. The zero-order chi connectivity index (χ0) is 12.6. The van der Waals surface area contributed by atoms with Crippen LogP contribution < -0.4 is 0 Å². The molecule has 0 amide bonds. The standard InChI is InChI=1S/C11H14N2O3S/c1-7(17(2,15)16)11-12-6-8-9(13-11)4-3-5-10(8)14/h6-7H,3-5H2,1-2H3. The smallest absolute Gasteiger partial charge is 0.166 e. The summed E-state index contributed by atoms with van der Waals surface area (Å²) in [4.78, 5) is 19.8. The Balaban J connectivity index is 2.44. The van der Waals surface area contributed by atoms with E-state index in [4.69, 9.17) is 0 Å². The molecule has 2 rings (SSSR count). The maximum absolute atomic E-state index is 11.6. The molecular formula is C11H14N2O3S. The second kappa shape index (κ2) is 4.18. The van der Waals surface area contributed by atoms with Crippen LogP contribution in [0.2, 0.25) is 0 Å². The highest BCUT2D eigenvalue weighted by Crippen LogP contribution is 2.22. The number of nitrogens with zero attached hydrogens (tertiary/aromatic N) is 2. The molecule has 6 heteroatoms. The quantitative estimate of drug-likeness (QED) is 0.789. The minimum atomic E-state index is -3.21. The molecule has 0 aliphatic heterocycles. The summed E-state index contributed by atoms with van der Waals surface area (Å²) in [6.07, 6.45) is 4.63. The number of aryl methyl sites for hydroxylation is 1. The summed E-state index contributed by atoms with van der Waals surface area (Å²) in [5.41, 5.74) is 1.22. The van der Waals surface area contributed by atoms with E-state index >= 15 is 0 Å². The Hall–Kier alpha value is -1.30. The maximum atomic E-state index is 11.6. The first-order chi connectivity index (χ1) is 7.89. The summed E-state index contributed by atoms with van der Waals surface area (Å²) in [5.74, 6) is 0.325. The van der Waals surface area contributed by atoms with Gasteiger partial charge in [0.1, 0.15) is 11.1 Å². The van der Waals surface area contributed by atoms with E-state index in [1.165, 1.54) is 6.20 Å². The van der Waals surface area contributed by atoms with Crippen molar-refractivity contribution in [2.75, 3.05) is 6.26 Å². The molecule has 1 aliphatic rings. The fourth-order valence-corrected chi connectivity index (χ4v) is 2.29. The monoisotopic (exact) mass is 254 g/mol. The molecule has 0 spiro atoms. The van der Waals surface area contributed by atoms with Gasteiger partial charge in [-0.15, -0.1) is 0 Å². The Morgan fingerprint density at radius 2 is 2.06 bits per heavy atom. The second-order valence-electron chi connectivity index (χ2n) is 4.34. The van der Waals surface area contributed by atoms with Crippen molar-refractivity contribution in [1.82, 2.24) is 9.97 Å². The van der Waals surface area contributed by atoms with E-state index in [9.17, 15) is 13.2 Å². The lowest BCUT2D eigenvalue weighted by Crippen LogP contribution is -2.18. The van der Waals surface area contributed by atoms with Crippen LogP contribution in [0.3, 0.4) is 0 Å². The van der Waals surface area contributed by atoms with Gasteiger partial charge in [0, 0.05) is 18.9 Å². The Kier molecular flexibility index (Phi) is 2.99. The summed E-state index contributed by atoms with van der Waals surface area (Å²) in [7, 11) is -3.21. The van der Waals surface area contributed by atoms with Crippen molar-refractivity contribution in [3.8, 4) is 0 Å². The van der Waals surface area contributed by atoms with Crippen LogP contribution in [0.4, 0.5) is 0 Å². The van der Waals surface area contributed by atoms with E-state index in [0.29, 0.717) is 24.1 Å². The highest BCUT2D eigenvalue weighted by Gasteiger charge is 2.24. The normalized spacial score (nSPS) is 17.6. The predicted molar refractivity (Wildman–Crippen MR) is 62.6 cm³/mol. The maximum Gasteiger partial charge on any atom is 0.166 e. The third-order valence-corrected chi connectivity index (χ3v) is 4.51. The molecule has 1 heterocycles. The Morgan fingerprint density at radius 3 is 2.71 bits per heavy atom. The van der Waals surface area contributed by atoms with E-state index in [0.717, 1.165) is 12.7 Å². The average molecular weight is 254 g/mol. The van der Waals surface area contributed by atoms with Crippen molar-refractivity contribution in [1.29, 1.82) is 0 Å². The van der Waals surface area contributed by atoms with E-state index in [-0.39, 0.29) is 11.6 Å². The van der Waals surface area contributed by atoms with Crippen LogP contribution in [-0.4, -0.2) is 30.4 Å². The third-order valence-electron chi connectivity index (χ3n) is 3.01. The molecule has 1 atom stereocenters. The lowest BCUT2D eigenvalue weighted by Gasteiger charge is -2.15. The Bertz CT molecular complexity index is 566. The van der Waals surface area contributed by atoms with Gasteiger partial charge in [-0.1, -0.05) is 0 Å². The average Bonchev–Trinajstić information content (AvgIpc) is 2.26. The van der Waals surface area contributed by atoms with Gasteiger partial charge < -0.3 is 0 Å². The van der Waals surface area contributed by atoms with Crippen molar-refractivity contribution < 1.29 is 13.2 Å². The van der Waals surface area contributed by atoms with Crippen molar-refractivity contribution in [3.63, 3.8) is 0 Å². The van der Waals surface area contributed by atoms with Crippen LogP contribution in [-0.2, 0) is 16.3 Å². The number of sulfone groups is 1. The topological polar surface area (TPSA) is 77.0 Å². The van der Waals surface area contributed by atoms with Gasteiger partial charge in [0.05, 0.1) is 11.3 Å². The van der Waals surface area contributed by atoms with E-state index in [1.54, 1.807) is 6.92 Å². The molecule has 1 aliphatic carbocycles. The molecule has 1 aromatic rings. The molecular weight excluding hydrogens is 240 g/mol. The van der Waals surface area contributed by atoms with E-state index in [2.05, 4.69) is 9.97 Å². The fourth-order valence-electron chi connectivity index (χ4n) is 1.79. The Morgan fingerprint density at radius 1 is 1.35 bits per heavy atom. The zero-order valence-electron chi connectivity index (χ0n) is 9.80. The Labute approximate surface area is 100 Å². The summed E-state index contributed by atoms with van der Waals surface area (Å²) < 4.78 is 22.8. The second-order valence-corrected chi connectivity index (χ2v) is 6.70. The summed E-state index contributed by atoms with van der Waals surface area (Å²) in [5, 5.41) is -0.732. The minimum Gasteiger partial charge on any atom is -0.294 e. The molecule has 0 bridgehead atoms. The minimum absolute atomic E-state index is 0.0461. The van der Waals surface area contributed by atoms with Crippen LogP contribution >= 0.6 is 0 Å². The summed E-state index contributed by atoms with van der Waals surface area (Å²) in [6.45, 7) is 1.56. The molecule has 5 nitrogen and oxygen atoms in total. The predicted octanol–water partition coefficient (Wildman–Crippen LogP) is 1.10. The molecule has 0 fully saturated rings. The number of carbonyl (C=O) groups is 1. The van der Waals surface area contributed by atoms with Crippen LogP contribution in [0.25, 0.3) is 0 Å². The molecule has 0 saturated carbocycles. The summed E-state index contributed by atoms with van der Waals surface area (Å²) in [6, 6.07) is 0. The van der Waals surface area contributed by atoms with E-state index < -0.39 is 15.1 Å². The van der Waals surface area contributed by atoms with Crippen LogP contribution in [0.5, 0.6) is 0 Å². The number of Topliss-reactive ketones (excluding diaryl/α,β-unsaturated/α-hetero) is 1. The van der Waals surface area contributed by atoms with E-state index in [1.807, 2.05) is 0 Å². The molecule has 17 heavy (non-hydrogen) atoms. The van der Waals surface area contributed by atoms with Gasteiger partial charge in [0.15, 0.2) is 15.6 Å². The number of aromatic nitrogens is 2. The third kappa shape index (κ3) is 2.36.